The molecule has 1 aliphatic rings. The van der Waals surface area contributed by atoms with Gasteiger partial charge in [-0.25, -0.2) is 9.18 Å². The van der Waals surface area contributed by atoms with Crippen molar-refractivity contribution in [3.63, 3.8) is 0 Å². The standard InChI is InChI=1S/C24H25FN4O4S/c1-28(34(31,32)23-6-2-4-18(25)16-23)20-7-9-21(10-8-20)33-22-11-14-29(15-12-22)24(30)27-19-5-3-13-26-17-19/h2-10,13,16-17,22H,11-12,14-15H2,1H3,(H-,27,30,31,32)/p+1. The molecule has 1 fully saturated rings. The molecule has 4 rings (SSSR count). The van der Waals surface area contributed by atoms with Crippen LogP contribution < -0.4 is 14.4 Å². The molecule has 8 nitrogen and oxygen atoms in total. The minimum atomic E-state index is -3.64. The number of hydrogen-bond acceptors (Lipinski definition) is 4. The summed E-state index contributed by atoms with van der Waals surface area (Å²) in [6.07, 6.45) is 4.58. The fraction of sp³-hybridized carbons (Fsp3) is 0.250. The molecule has 34 heavy (non-hydrogen) atoms. The number of benzene rings is 2. The van der Waals surface area contributed by atoms with Crippen molar-refractivity contribution < 1.29 is 22.7 Å². The molecule has 1 saturated heterocycles. The average molecular weight is 486 g/mol. The first-order chi connectivity index (χ1) is 16.3. The van der Waals surface area contributed by atoms with Gasteiger partial charge in [0.25, 0.3) is 0 Å². The van der Waals surface area contributed by atoms with Gasteiger partial charge < -0.3 is 15.0 Å². The van der Waals surface area contributed by atoms with E-state index in [9.17, 15) is 17.9 Å². The molecular weight excluding hydrogens is 459 g/mol. The molecule has 1 unspecified atom stereocenters. The lowest BCUT2D eigenvalue weighted by Crippen LogP contribution is -2.43. The number of hydrogen-bond donors (Lipinski definition) is 2. The van der Waals surface area contributed by atoms with Crippen LogP contribution in [-0.2, 0) is 14.6 Å². The Morgan fingerprint density at radius 3 is 2.56 bits per heavy atom. The number of likely N-dealkylation sites (tertiary alicyclic amines) is 1. The molecule has 0 spiro atoms. The molecule has 2 aromatic carbocycles. The van der Waals surface area contributed by atoms with Crippen molar-refractivity contribution >= 4 is 27.8 Å². The number of anilines is 2. The Labute approximate surface area is 198 Å². The van der Waals surface area contributed by atoms with E-state index in [1.807, 2.05) is 0 Å². The van der Waals surface area contributed by atoms with E-state index in [2.05, 4.69) is 10.3 Å². The van der Waals surface area contributed by atoms with Gasteiger partial charge in [-0.3, -0.25) is 4.98 Å². The number of carbonyl (C=O) groups excluding carboxylic acids is 1. The number of halogens is 1. The number of amides is 2. The number of urea groups is 1. The number of pyridine rings is 1. The molecule has 0 bridgehead atoms. The lowest BCUT2D eigenvalue weighted by atomic mass is 10.1. The maximum atomic E-state index is 13.5. The summed E-state index contributed by atoms with van der Waals surface area (Å²) in [5.74, 6) is 0.0580. The van der Waals surface area contributed by atoms with Crippen molar-refractivity contribution in [1.29, 1.82) is 0 Å². The Kier molecular flexibility index (Phi) is 7.09. The molecule has 2 heterocycles. The van der Waals surface area contributed by atoms with Crippen LogP contribution in [0.1, 0.15) is 12.8 Å². The lowest BCUT2D eigenvalue weighted by molar-refractivity contribution is 0.115. The van der Waals surface area contributed by atoms with Gasteiger partial charge in [-0.2, -0.15) is 8.86 Å². The molecule has 2 N–H and O–H groups in total. The largest absolute Gasteiger partial charge is 0.490 e. The Hall–Kier alpha value is -3.50. The minimum absolute atomic E-state index is 0.00495. The van der Waals surface area contributed by atoms with Crippen LogP contribution >= 0.6 is 0 Å². The van der Waals surface area contributed by atoms with Crippen LogP contribution in [0.25, 0.3) is 0 Å². The third-order valence-corrected chi connectivity index (χ3v) is 7.44. The van der Waals surface area contributed by atoms with Gasteiger partial charge in [0, 0.05) is 38.2 Å². The van der Waals surface area contributed by atoms with Crippen molar-refractivity contribution in [3.8, 4) is 5.75 Å². The second-order valence-electron chi connectivity index (χ2n) is 7.92. The van der Waals surface area contributed by atoms with E-state index < -0.39 is 16.2 Å². The van der Waals surface area contributed by atoms with Crippen LogP contribution in [0.2, 0.25) is 0 Å². The highest BCUT2D eigenvalue weighted by atomic mass is 32.3. The zero-order valence-corrected chi connectivity index (χ0v) is 19.5. The third-order valence-electron chi connectivity index (χ3n) is 5.62. The topological polar surface area (TPSA) is 95.0 Å². The molecule has 1 aromatic heterocycles. The number of nitrogens with one attached hydrogen (secondary N) is 1. The van der Waals surface area contributed by atoms with E-state index >= 15 is 0 Å². The predicted molar refractivity (Wildman–Crippen MR) is 129 cm³/mol. The SMILES string of the molecule is CN(c1ccc(OC2CCN(C(=O)Nc3cccnc3)CC2)cc1)[S+](=O)(O)c1cccc(F)c1. The van der Waals surface area contributed by atoms with Crippen LogP contribution in [0, 0.1) is 5.82 Å². The second kappa shape index (κ2) is 10.2. The molecule has 3 aromatic rings. The fourth-order valence-electron chi connectivity index (χ4n) is 3.68. The highest BCUT2D eigenvalue weighted by molar-refractivity contribution is 7.99. The van der Waals surface area contributed by atoms with Crippen LogP contribution in [0.15, 0.2) is 78.0 Å². The number of rotatable bonds is 6. The number of ether oxygens (including phenoxy) is 1. The van der Waals surface area contributed by atoms with Gasteiger partial charge in [-0.05, 0) is 52.7 Å². The van der Waals surface area contributed by atoms with Gasteiger partial charge in [0.05, 0.1) is 24.6 Å². The zero-order valence-electron chi connectivity index (χ0n) is 18.6. The summed E-state index contributed by atoms with van der Waals surface area (Å²) in [4.78, 5) is 18.1. The Bertz CT molecular complexity index is 1170. The van der Waals surface area contributed by atoms with Crippen molar-refractivity contribution in [1.82, 2.24) is 9.88 Å². The Morgan fingerprint density at radius 2 is 1.91 bits per heavy atom. The van der Waals surface area contributed by atoms with E-state index in [0.29, 0.717) is 43.1 Å². The van der Waals surface area contributed by atoms with Crippen LogP contribution in [-0.4, -0.2) is 46.7 Å². The summed E-state index contributed by atoms with van der Waals surface area (Å²) in [5.41, 5.74) is 1.14. The second-order valence-corrected chi connectivity index (χ2v) is 9.93. The van der Waals surface area contributed by atoms with Crippen LogP contribution in [0.3, 0.4) is 0 Å². The van der Waals surface area contributed by atoms with Crippen LogP contribution in [0.4, 0.5) is 20.6 Å². The maximum Gasteiger partial charge on any atom is 0.348 e. The van der Waals surface area contributed by atoms with Gasteiger partial charge >= 0.3 is 16.4 Å². The normalized spacial score (nSPS) is 15.9. The highest BCUT2D eigenvalue weighted by Crippen LogP contribution is 2.29. The number of piperidine rings is 1. The summed E-state index contributed by atoms with van der Waals surface area (Å²) in [6, 6.07) is 15.3. The van der Waals surface area contributed by atoms with E-state index in [0.717, 1.165) is 6.07 Å². The van der Waals surface area contributed by atoms with Gasteiger partial charge in [-0.1, -0.05) is 6.07 Å². The number of nitrogens with zero attached hydrogens (tertiary/aromatic N) is 3. The maximum absolute atomic E-state index is 13.5. The molecule has 0 radical (unpaired) electrons. The summed E-state index contributed by atoms with van der Waals surface area (Å²) >= 11 is 0. The van der Waals surface area contributed by atoms with Crippen molar-refractivity contribution in [2.45, 2.75) is 23.8 Å². The first-order valence-electron chi connectivity index (χ1n) is 10.8. The third kappa shape index (κ3) is 5.52. The molecule has 0 saturated carbocycles. The average Bonchev–Trinajstić information content (AvgIpc) is 2.85. The molecule has 2 amide bonds. The molecule has 10 heteroatoms. The summed E-state index contributed by atoms with van der Waals surface area (Å²) in [6.45, 7) is 1.13. The first kappa shape index (κ1) is 23.7. The van der Waals surface area contributed by atoms with Crippen LogP contribution in [0.5, 0.6) is 5.75 Å². The minimum Gasteiger partial charge on any atom is -0.490 e. The quantitative estimate of drug-likeness (QED) is 0.495. The summed E-state index contributed by atoms with van der Waals surface area (Å²) < 4.78 is 44.2. The van der Waals surface area contributed by atoms with E-state index in [1.54, 1.807) is 53.7 Å². The van der Waals surface area contributed by atoms with Crippen molar-refractivity contribution in [2.24, 2.45) is 0 Å². The fourth-order valence-corrected chi connectivity index (χ4v) is 4.92. The van der Waals surface area contributed by atoms with Gasteiger partial charge in [0.15, 0.2) is 0 Å². The predicted octanol–water partition coefficient (Wildman–Crippen LogP) is 4.68. The molecule has 1 atom stereocenters. The van der Waals surface area contributed by atoms with Crippen molar-refractivity contribution in [2.75, 3.05) is 29.8 Å². The van der Waals surface area contributed by atoms with E-state index in [1.165, 1.54) is 29.6 Å². The Balaban J connectivity index is 1.31. The summed E-state index contributed by atoms with van der Waals surface area (Å²) in [7, 11) is -2.15. The van der Waals surface area contributed by atoms with E-state index in [-0.39, 0.29) is 17.0 Å². The summed E-state index contributed by atoms with van der Waals surface area (Å²) in [5, 5.41) is 2.83. The monoisotopic (exact) mass is 485 g/mol. The first-order valence-corrected chi connectivity index (χ1v) is 12.3. The van der Waals surface area contributed by atoms with E-state index in [4.69, 9.17) is 4.74 Å². The Morgan fingerprint density at radius 1 is 1.18 bits per heavy atom. The van der Waals surface area contributed by atoms with Gasteiger partial charge in [0.2, 0.25) is 4.90 Å². The lowest BCUT2D eigenvalue weighted by Gasteiger charge is -2.32. The smallest absolute Gasteiger partial charge is 0.348 e. The molecule has 178 valence electrons. The van der Waals surface area contributed by atoms with Crippen molar-refractivity contribution in [3.05, 3.63) is 78.9 Å². The number of carbonyl (C=O) groups is 1. The van der Waals surface area contributed by atoms with Gasteiger partial charge in [-0.15, -0.1) is 0 Å². The highest BCUT2D eigenvalue weighted by Gasteiger charge is 2.36. The van der Waals surface area contributed by atoms with Gasteiger partial charge in [0.1, 0.15) is 17.7 Å². The molecule has 1 aliphatic heterocycles. The molecule has 0 aliphatic carbocycles. The molecular formula is C24H26FN4O4S+. The zero-order chi connectivity index (χ0) is 24.1. The number of aromatic nitrogens is 1.